The predicted octanol–water partition coefficient (Wildman–Crippen LogP) is 2.22. The molecule has 15 heavy (non-hydrogen) atoms. The monoisotopic (exact) mass is 226 g/mol. The van der Waals surface area contributed by atoms with Crippen LogP contribution in [0.2, 0.25) is 0 Å². The van der Waals surface area contributed by atoms with Crippen LogP contribution in [0.5, 0.6) is 0 Å². The van der Waals surface area contributed by atoms with E-state index in [0.717, 1.165) is 13.2 Å². The molecule has 1 fully saturated rings. The molecular weight excluding hydrogens is 208 g/mol. The fourth-order valence-electron chi connectivity index (χ4n) is 2.00. The van der Waals surface area contributed by atoms with Crippen LogP contribution >= 0.6 is 11.3 Å². The Bertz CT molecular complexity index is 283. The third-order valence-corrected chi connectivity index (χ3v) is 4.02. The van der Waals surface area contributed by atoms with Crippen LogP contribution in [-0.2, 0) is 4.74 Å². The Morgan fingerprint density at radius 2 is 2.47 bits per heavy atom. The average molecular weight is 226 g/mol. The molecule has 0 saturated carbocycles. The first-order valence-electron chi connectivity index (χ1n) is 5.49. The molecule has 1 N–H and O–H groups in total. The number of ether oxygens (including phenoxy) is 1. The maximum absolute atomic E-state index is 5.40. The quantitative estimate of drug-likeness (QED) is 0.855. The van der Waals surface area contributed by atoms with Crippen LogP contribution in [0.15, 0.2) is 11.7 Å². The van der Waals surface area contributed by atoms with E-state index in [1.165, 1.54) is 11.3 Å². The van der Waals surface area contributed by atoms with Gasteiger partial charge in [0.05, 0.1) is 12.1 Å². The molecule has 0 radical (unpaired) electrons. The lowest BCUT2D eigenvalue weighted by Gasteiger charge is -2.23. The third kappa shape index (κ3) is 2.77. The summed E-state index contributed by atoms with van der Waals surface area (Å²) >= 11 is 1.71. The van der Waals surface area contributed by atoms with Gasteiger partial charge in [0.1, 0.15) is 0 Å². The summed E-state index contributed by atoms with van der Waals surface area (Å²) in [5.41, 5.74) is 1.89. The van der Waals surface area contributed by atoms with Crippen molar-refractivity contribution >= 4 is 11.3 Å². The Labute approximate surface area is 94.9 Å². The Hall–Kier alpha value is -0.450. The van der Waals surface area contributed by atoms with Gasteiger partial charge in [-0.3, -0.25) is 4.98 Å². The van der Waals surface area contributed by atoms with Gasteiger partial charge in [-0.1, -0.05) is 0 Å². The average Bonchev–Trinajstić information content (AvgIpc) is 2.91. The van der Waals surface area contributed by atoms with E-state index < -0.39 is 0 Å². The molecule has 2 heterocycles. The van der Waals surface area contributed by atoms with E-state index in [2.05, 4.69) is 24.1 Å². The molecule has 0 spiro atoms. The molecule has 1 aromatic rings. The Morgan fingerprint density at radius 3 is 3.07 bits per heavy atom. The first-order chi connectivity index (χ1) is 7.27. The molecule has 1 aliphatic heterocycles. The van der Waals surface area contributed by atoms with E-state index >= 15 is 0 Å². The summed E-state index contributed by atoms with van der Waals surface area (Å²) in [4.78, 5) is 5.41. The fourth-order valence-corrected chi connectivity index (χ4v) is 2.64. The molecule has 2 rings (SSSR count). The van der Waals surface area contributed by atoms with E-state index in [1.54, 1.807) is 11.3 Å². The normalized spacial score (nSPS) is 25.3. The topological polar surface area (TPSA) is 34.1 Å². The number of nitrogens with one attached hydrogen (secondary N) is 1. The van der Waals surface area contributed by atoms with Crippen molar-refractivity contribution in [3.63, 3.8) is 0 Å². The Morgan fingerprint density at radius 1 is 1.60 bits per heavy atom. The molecular formula is C11H18N2OS. The summed E-state index contributed by atoms with van der Waals surface area (Å²) in [5.74, 6) is 0.667. The highest BCUT2D eigenvalue weighted by molar-refractivity contribution is 7.09. The summed E-state index contributed by atoms with van der Waals surface area (Å²) in [6.45, 7) is 6.27. The molecule has 0 aliphatic carbocycles. The van der Waals surface area contributed by atoms with E-state index in [0.29, 0.717) is 18.0 Å². The zero-order chi connectivity index (χ0) is 10.7. The van der Waals surface area contributed by atoms with Gasteiger partial charge in [0.15, 0.2) is 0 Å². The molecule has 3 nitrogen and oxygen atoms in total. The number of rotatable bonds is 4. The molecule has 3 unspecified atom stereocenters. The van der Waals surface area contributed by atoms with E-state index in [1.807, 2.05) is 11.7 Å². The highest BCUT2D eigenvalue weighted by Gasteiger charge is 2.23. The minimum absolute atomic E-state index is 0.396. The van der Waals surface area contributed by atoms with E-state index in [4.69, 9.17) is 4.74 Å². The van der Waals surface area contributed by atoms with Crippen molar-refractivity contribution in [3.8, 4) is 0 Å². The van der Waals surface area contributed by atoms with Gasteiger partial charge in [-0.05, 0) is 26.2 Å². The van der Waals surface area contributed by atoms with Crippen LogP contribution in [0.4, 0.5) is 0 Å². The van der Waals surface area contributed by atoms with Crippen molar-refractivity contribution in [2.75, 3.05) is 13.2 Å². The molecule has 3 atom stereocenters. The number of thiazole rings is 1. The van der Waals surface area contributed by atoms with Crippen LogP contribution in [0.3, 0.4) is 0 Å². The zero-order valence-electron chi connectivity index (χ0n) is 9.27. The number of aromatic nitrogens is 1. The number of hydrogen-bond acceptors (Lipinski definition) is 4. The van der Waals surface area contributed by atoms with Crippen LogP contribution in [0.1, 0.15) is 31.2 Å². The summed E-state index contributed by atoms with van der Waals surface area (Å²) in [6.07, 6.45) is 3.13. The molecule has 1 aromatic heterocycles. The smallest absolute Gasteiger partial charge is 0.0794 e. The standard InChI is InChI=1S/C11H18N2OS/c1-8(10-3-4-14-6-10)13-9(2)11-5-12-7-15-11/h5,7-10,13H,3-4,6H2,1-2H3. The summed E-state index contributed by atoms with van der Waals surface area (Å²) in [5, 5.41) is 3.61. The van der Waals surface area contributed by atoms with Crippen molar-refractivity contribution in [1.29, 1.82) is 0 Å². The SMILES string of the molecule is CC(NC(C)C1CCOC1)c1cncs1. The molecule has 0 amide bonds. The molecule has 0 aromatic carbocycles. The van der Waals surface area contributed by atoms with Gasteiger partial charge in [0.2, 0.25) is 0 Å². The van der Waals surface area contributed by atoms with Gasteiger partial charge >= 0.3 is 0 Å². The largest absolute Gasteiger partial charge is 0.381 e. The summed E-state index contributed by atoms with van der Waals surface area (Å²) in [6, 6.07) is 0.915. The van der Waals surface area contributed by atoms with Crippen LogP contribution < -0.4 is 5.32 Å². The Balaban J connectivity index is 1.85. The van der Waals surface area contributed by atoms with Crippen molar-refractivity contribution in [2.45, 2.75) is 32.4 Å². The first kappa shape index (κ1) is 11.0. The van der Waals surface area contributed by atoms with Gasteiger partial charge in [-0.2, -0.15) is 0 Å². The lowest BCUT2D eigenvalue weighted by Crippen LogP contribution is -2.35. The van der Waals surface area contributed by atoms with Crippen LogP contribution in [0.25, 0.3) is 0 Å². The van der Waals surface area contributed by atoms with Gasteiger partial charge in [0.25, 0.3) is 0 Å². The van der Waals surface area contributed by atoms with E-state index in [-0.39, 0.29) is 0 Å². The van der Waals surface area contributed by atoms with Crippen molar-refractivity contribution < 1.29 is 4.74 Å². The third-order valence-electron chi connectivity index (χ3n) is 3.06. The van der Waals surface area contributed by atoms with Crippen molar-refractivity contribution in [2.24, 2.45) is 5.92 Å². The zero-order valence-corrected chi connectivity index (χ0v) is 10.1. The number of hydrogen-bond donors (Lipinski definition) is 1. The minimum Gasteiger partial charge on any atom is -0.381 e. The molecule has 4 heteroatoms. The predicted molar refractivity (Wildman–Crippen MR) is 62.1 cm³/mol. The highest BCUT2D eigenvalue weighted by Crippen LogP contribution is 2.21. The lowest BCUT2D eigenvalue weighted by atomic mass is 10.00. The van der Waals surface area contributed by atoms with Crippen molar-refractivity contribution in [1.82, 2.24) is 10.3 Å². The Kier molecular flexibility index (Phi) is 3.72. The first-order valence-corrected chi connectivity index (χ1v) is 6.37. The maximum atomic E-state index is 5.40. The summed E-state index contributed by atoms with van der Waals surface area (Å²) < 4.78 is 5.40. The maximum Gasteiger partial charge on any atom is 0.0794 e. The summed E-state index contributed by atoms with van der Waals surface area (Å²) in [7, 11) is 0. The minimum atomic E-state index is 0.396. The van der Waals surface area contributed by atoms with E-state index in [9.17, 15) is 0 Å². The lowest BCUT2D eigenvalue weighted by molar-refractivity contribution is 0.177. The van der Waals surface area contributed by atoms with Crippen LogP contribution in [0, 0.1) is 5.92 Å². The van der Waals surface area contributed by atoms with Gasteiger partial charge in [-0.15, -0.1) is 11.3 Å². The van der Waals surface area contributed by atoms with Gasteiger partial charge in [0, 0.05) is 29.8 Å². The van der Waals surface area contributed by atoms with Crippen LogP contribution in [-0.4, -0.2) is 24.2 Å². The second kappa shape index (κ2) is 5.05. The molecule has 0 bridgehead atoms. The van der Waals surface area contributed by atoms with Gasteiger partial charge < -0.3 is 10.1 Å². The van der Waals surface area contributed by atoms with Crippen molar-refractivity contribution in [3.05, 3.63) is 16.6 Å². The molecule has 84 valence electrons. The molecule has 1 saturated heterocycles. The second-order valence-electron chi connectivity index (χ2n) is 4.20. The van der Waals surface area contributed by atoms with Gasteiger partial charge in [-0.25, -0.2) is 0 Å². The number of nitrogens with zero attached hydrogens (tertiary/aromatic N) is 1. The second-order valence-corrected chi connectivity index (χ2v) is 5.12. The highest BCUT2D eigenvalue weighted by atomic mass is 32.1. The fraction of sp³-hybridized carbons (Fsp3) is 0.727. The molecule has 1 aliphatic rings.